The van der Waals surface area contributed by atoms with Gasteiger partial charge in [0.15, 0.2) is 0 Å². The van der Waals surface area contributed by atoms with Crippen molar-refractivity contribution in [3.05, 3.63) is 35.9 Å². The number of carbonyl (C=O) groups excluding carboxylic acids is 1. The number of hydrogen-bond acceptors (Lipinski definition) is 3. The first-order chi connectivity index (χ1) is 10.9. The van der Waals surface area contributed by atoms with Gasteiger partial charge in [-0.25, -0.2) is 4.79 Å². The van der Waals surface area contributed by atoms with Crippen molar-refractivity contribution in [3.63, 3.8) is 0 Å². The minimum atomic E-state index is -0.418. The van der Waals surface area contributed by atoms with Crippen LogP contribution in [-0.2, 0) is 11.3 Å². The number of benzene rings is 1. The molecule has 2 heterocycles. The largest absolute Gasteiger partial charge is 0.444 e. The lowest BCUT2D eigenvalue weighted by Crippen LogP contribution is -2.52. The molecule has 0 aliphatic carbocycles. The van der Waals surface area contributed by atoms with E-state index in [0.29, 0.717) is 18.1 Å². The summed E-state index contributed by atoms with van der Waals surface area (Å²) < 4.78 is 5.59. The van der Waals surface area contributed by atoms with Crippen molar-refractivity contribution in [1.82, 2.24) is 10.2 Å². The normalized spacial score (nSPS) is 27.1. The van der Waals surface area contributed by atoms with Crippen LogP contribution in [0.25, 0.3) is 0 Å². The highest BCUT2D eigenvalue weighted by atomic mass is 16.6. The monoisotopic (exact) mass is 316 g/mol. The van der Waals surface area contributed by atoms with E-state index in [1.165, 1.54) is 5.56 Å². The minimum Gasteiger partial charge on any atom is -0.444 e. The van der Waals surface area contributed by atoms with Crippen LogP contribution in [0.3, 0.4) is 0 Å². The van der Waals surface area contributed by atoms with Crippen LogP contribution in [0.1, 0.15) is 52.0 Å². The fourth-order valence-corrected chi connectivity index (χ4v) is 3.81. The summed E-state index contributed by atoms with van der Waals surface area (Å²) in [7, 11) is 0. The molecule has 3 rings (SSSR count). The van der Waals surface area contributed by atoms with Crippen LogP contribution in [0.2, 0.25) is 0 Å². The molecule has 0 radical (unpaired) electrons. The van der Waals surface area contributed by atoms with E-state index in [-0.39, 0.29) is 6.09 Å². The highest BCUT2D eigenvalue weighted by molar-refractivity contribution is 5.69. The average molecular weight is 316 g/mol. The van der Waals surface area contributed by atoms with Crippen molar-refractivity contribution in [2.24, 2.45) is 0 Å². The Balaban J connectivity index is 1.55. The summed E-state index contributed by atoms with van der Waals surface area (Å²) >= 11 is 0. The Hall–Kier alpha value is -1.55. The standard InChI is InChI=1S/C19H28N2O2/c1-19(2,3)23-18(22)21-16-9-10-17(21)12-15(11-16)20-13-14-7-5-4-6-8-14/h4-8,15-17,20H,9-13H2,1-3H3. The second-order valence-electron chi connectivity index (χ2n) is 7.81. The second kappa shape index (κ2) is 6.52. The van der Waals surface area contributed by atoms with Crippen LogP contribution in [0.15, 0.2) is 30.3 Å². The van der Waals surface area contributed by atoms with E-state index < -0.39 is 5.60 Å². The molecule has 2 saturated heterocycles. The molecular weight excluding hydrogens is 288 g/mol. The topological polar surface area (TPSA) is 41.6 Å². The molecule has 0 saturated carbocycles. The maximum atomic E-state index is 12.4. The Morgan fingerprint density at radius 1 is 1.17 bits per heavy atom. The van der Waals surface area contributed by atoms with E-state index in [0.717, 1.165) is 32.2 Å². The lowest BCUT2D eigenvalue weighted by Gasteiger charge is -2.39. The Morgan fingerprint density at radius 2 is 1.78 bits per heavy atom. The van der Waals surface area contributed by atoms with Crippen LogP contribution < -0.4 is 5.32 Å². The van der Waals surface area contributed by atoms with Crippen LogP contribution in [0.4, 0.5) is 4.79 Å². The highest BCUT2D eigenvalue weighted by Gasteiger charge is 2.44. The molecule has 2 aliphatic rings. The lowest BCUT2D eigenvalue weighted by atomic mass is 9.97. The molecular formula is C19H28N2O2. The van der Waals surface area contributed by atoms with E-state index in [1.807, 2.05) is 31.7 Å². The van der Waals surface area contributed by atoms with Gasteiger partial charge in [-0.15, -0.1) is 0 Å². The number of rotatable bonds is 3. The smallest absolute Gasteiger partial charge is 0.410 e. The molecule has 2 unspecified atom stereocenters. The van der Waals surface area contributed by atoms with E-state index in [1.54, 1.807) is 0 Å². The van der Waals surface area contributed by atoms with Gasteiger partial charge in [0.05, 0.1) is 0 Å². The number of nitrogens with one attached hydrogen (secondary N) is 1. The first kappa shape index (κ1) is 16.3. The Kier molecular flexibility index (Phi) is 4.62. The number of carbonyl (C=O) groups is 1. The van der Waals surface area contributed by atoms with Crippen molar-refractivity contribution in [2.45, 2.75) is 76.7 Å². The number of ether oxygens (including phenoxy) is 1. The van der Waals surface area contributed by atoms with E-state index in [2.05, 4.69) is 29.6 Å². The molecule has 126 valence electrons. The maximum absolute atomic E-state index is 12.4. The summed E-state index contributed by atoms with van der Waals surface area (Å²) in [5, 5.41) is 3.67. The van der Waals surface area contributed by atoms with Gasteiger partial charge in [0.25, 0.3) is 0 Å². The summed E-state index contributed by atoms with van der Waals surface area (Å²) in [6.07, 6.45) is 4.14. The van der Waals surface area contributed by atoms with E-state index >= 15 is 0 Å². The van der Waals surface area contributed by atoms with Crippen LogP contribution in [-0.4, -0.2) is 34.7 Å². The third-order valence-corrected chi connectivity index (χ3v) is 4.78. The van der Waals surface area contributed by atoms with E-state index in [4.69, 9.17) is 4.74 Å². The molecule has 4 nitrogen and oxygen atoms in total. The lowest BCUT2D eigenvalue weighted by molar-refractivity contribution is 0.00466. The molecule has 4 heteroatoms. The van der Waals surface area contributed by atoms with Gasteiger partial charge in [0.1, 0.15) is 5.60 Å². The third kappa shape index (κ3) is 4.05. The van der Waals surface area contributed by atoms with Crippen LogP contribution in [0.5, 0.6) is 0 Å². The van der Waals surface area contributed by atoms with Crippen molar-refractivity contribution in [1.29, 1.82) is 0 Å². The Morgan fingerprint density at radius 3 is 2.35 bits per heavy atom. The zero-order valence-corrected chi connectivity index (χ0v) is 14.4. The Bertz CT molecular complexity index is 524. The first-order valence-corrected chi connectivity index (χ1v) is 8.71. The summed E-state index contributed by atoms with van der Waals surface area (Å²) in [4.78, 5) is 14.4. The molecule has 1 aromatic rings. The highest BCUT2D eigenvalue weighted by Crippen LogP contribution is 2.36. The predicted molar refractivity (Wildman–Crippen MR) is 91.2 cm³/mol. The quantitative estimate of drug-likeness (QED) is 0.924. The predicted octanol–water partition coefficient (Wildman–Crippen LogP) is 3.71. The van der Waals surface area contributed by atoms with Gasteiger partial charge in [0, 0.05) is 24.7 Å². The average Bonchev–Trinajstić information content (AvgIpc) is 2.76. The Labute approximate surface area is 139 Å². The molecule has 23 heavy (non-hydrogen) atoms. The molecule has 2 aliphatic heterocycles. The van der Waals surface area contributed by atoms with Crippen molar-refractivity contribution in [3.8, 4) is 0 Å². The summed E-state index contributed by atoms with van der Waals surface area (Å²) in [5.41, 5.74) is 0.897. The fourth-order valence-electron chi connectivity index (χ4n) is 3.81. The van der Waals surface area contributed by atoms with Crippen molar-refractivity contribution < 1.29 is 9.53 Å². The van der Waals surface area contributed by atoms with Crippen LogP contribution >= 0.6 is 0 Å². The van der Waals surface area contributed by atoms with Gasteiger partial charge < -0.3 is 15.0 Å². The van der Waals surface area contributed by atoms with Gasteiger partial charge in [0.2, 0.25) is 0 Å². The molecule has 1 amide bonds. The molecule has 2 bridgehead atoms. The zero-order valence-electron chi connectivity index (χ0n) is 14.4. The molecule has 1 N–H and O–H groups in total. The van der Waals surface area contributed by atoms with E-state index in [9.17, 15) is 4.79 Å². The van der Waals surface area contributed by atoms with Crippen LogP contribution in [0, 0.1) is 0 Å². The molecule has 0 aromatic heterocycles. The van der Waals surface area contributed by atoms with Gasteiger partial charge in [-0.3, -0.25) is 0 Å². The van der Waals surface area contributed by atoms with Crippen molar-refractivity contribution in [2.75, 3.05) is 0 Å². The number of hydrogen-bond donors (Lipinski definition) is 1. The van der Waals surface area contributed by atoms with Gasteiger partial charge >= 0.3 is 6.09 Å². The molecule has 1 aromatic carbocycles. The zero-order chi connectivity index (χ0) is 16.4. The van der Waals surface area contributed by atoms with Gasteiger partial charge in [-0.1, -0.05) is 30.3 Å². The summed E-state index contributed by atoms with van der Waals surface area (Å²) in [5.74, 6) is 0. The van der Waals surface area contributed by atoms with Crippen molar-refractivity contribution >= 4 is 6.09 Å². The van der Waals surface area contributed by atoms with Gasteiger partial charge in [-0.05, 0) is 52.0 Å². The summed E-state index contributed by atoms with van der Waals surface area (Å²) in [6, 6.07) is 11.6. The molecule has 2 fully saturated rings. The first-order valence-electron chi connectivity index (χ1n) is 8.71. The van der Waals surface area contributed by atoms with Gasteiger partial charge in [-0.2, -0.15) is 0 Å². The summed E-state index contributed by atoms with van der Waals surface area (Å²) in [6.45, 7) is 6.69. The maximum Gasteiger partial charge on any atom is 0.410 e. The minimum absolute atomic E-state index is 0.133. The number of piperidine rings is 1. The molecule has 2 atom stereocenters. The molecule has 0 spiro atoms. The number of fused-ring (bicyclic) bond motifs is 2. The fraction of sp³-hybridized carbons (Fsp3) is 0.632. The second-order valence-corrected chi connectivity index (χ2v) is 7.81. The number of amides is 1. The SMILES string of the molecule is CC(C)(C)OC(=O)N1C2CCC1CC(NCc1ccccc1)C2. The third-order valence-electron chi connectivity index (χ3n) is 4.78. The number of nitrogens with zero attached hydrogens (tertiary/aromatic N) is 1.